The predicted octanol–water partition coefficient (Wildman–Crippen LogP) is 1.96. The summed E-state index contributed by atoms with van der Waals surface area (Å²) in [5, 5.41) is 6.06. The Morgan fingerprint density at radius 1 is 1.38 bits per heavy atom. The van der Waals surface area contributed by atoms with Crippen LogP contribution in [0.1, 0.15) is 5.69 Å². The van der Waals surface area contributed by atoms with Crippen LogP contribution in [0.25, 0.3) is 11.5 Å². The molecule has 0 amide bonds. The SMILES string of the molecule is Cc1cc(Cl)nc(-c2csnn2)n1. The van der Waals surface area contributed by atoms with Crippen molar-refractivity contribution in [2.24, 2.45) is 0 Å². The topological polar surface area (TPSA) is 51.6 Å². The van der Waals surface area contributed by atoms with E-state index in [-0.39, 0.29) is 0 Å². The van der Waals surface area contributed by atoms with Gasteiger partial charge in [-0.25, -0.2) is 9.97 Å². The zero-order chi connectivity index (χ0) is 9.26. The molecule has 0 aliphatic heterocycles. The van der Waals surface area contributed by atoms with Crippen molar-refractivity contribution in [2.75, 3.05) is 0 Å². The number of hydrogen-bond donors (Lipinski definition) is 0. The fourth-order valence-electron chi connectivity index (χ4n) is 0.907. The molecule has 2 heterocycles. The van der Waals surface area contributed by atoms with Crippen LogP contribution in [0.5, 0.6) is 0 Å². The second-order valence-corrected chi connectivity index (χ2v) is 3.44. The van der Waals surface area contributed by atoms with E-state index in [1.807, 2.05) is 6.92 Å². The Labute approximate surface area is 83.8 Å². The predicted molar refractivity (Wildman–Crippen MR) is 50.7 cm³/mol. The molecule has 0 aromatic carbocycles. The minimum Gasteiger partial charge on any atom is -0.232 e. The molecule has 0 bridgehead atoms. The van der Waals surface area contributed by atoms with Crippen LogP contribution >= 0.6 is 23.1 Å². The molecule has 6 heteroatoms. The van der Waals surface area contributed by atoms with Gasteiger partial charge in [0.2, 0.25) is 0 Å². The van der Waals surface area contributed by atoms with E-state index in [1.165, 1.54) is 11.5 Å². The summed E-state index contributed by atoms with van der Waals surface area (Å²) < 4.78 is 3.73. The lowest BCUT2D eigenvalue weighted by atomic mass is 10.4. The molecule has 2 aromatic rings. The first kappa shape index (κ1) is 8.52. The molecule has 0 saturated carbocycles. The number of halogens is 1. The van der Waals surface area contributed by atoms with Gasteiger partial charge in [0.25, 0.3) is 0 Å². The van der Waals surface area contributed by atoms with Gasteiger partial charge in [-0.1, -0.05) is 16.1 Å². The molecule has 0 aliphatic rings. The Hall–Kier alpha value is -1.07. The summed E-state index contributed by atoms with van der Waals surface area (Å²) in [6.07, 6.45) is 0. The third kappa shape index (κ3) is 1.81. The summed E-state index contributed by atoms with van der Waals surface area (Å²) in [6.45, 7) is 1.86. The molecule has 66 valence electrons. The van der Waals surface area contributed by atoms with Gasteiger partial charge < -0.3 is 0 Å². The maximum Gasteiger partial charge on any atom is 0.182 e. The lowest BCUT2D eigenvalue weighted by Gasteiger charge is -1.97. The van der Waals surface area contributed by atoms with E-state index >= 15 is 0 Å². The van der Waals surface area contributed by atoms with Gasteiger partial charge >= 0.3 is 0 Å². The average Bonchev–Trinajstić information content (AvgIpc) is 2.53. The van der Waals surface area contributed by atoms with E-state index in [9.17, 15) is 0 Å². The van der Waals surface area contributed by atoms with Gasteiger partial charge in [0, 0.05) is 11.1 Å². The van der Waals surface area contributed by atoms with Crippen molar-refractivity contribution in [3.8, 4) is 11.5 Å². The highest BCUT2D eigenvalue weighted by atomic mass is 35.5. The molecule has 0 fully saturated rings. The van der Waals surface area contributed by atoms with E-state index in [0.717, 1.165) is 5.69 Å². The molecule has 0 spiro atoms. The van der Waals surface area contributed by atoms with Crippen molar-refractivity contribution in [1.82, 2.24) is 19.6 Å². The second kappa shape index (κ2) is 3.35. The first-order chi connectivity index (χ1) is 6.25. The number of aromatic nitrogens is 4. The van der Waals surface area contributed by atoms with E-state index in [0.29, 0.717) is 16.7 Å². The lowest BCUT2D eigenvalue weighted by Crippen LogP contribution is -1.92. The van der Waals surface area contributed by atoms with Gasteiger partial charge in [-0.05, 0) is 24.5 Å². The highest BCUT2D eigenvalue weighted by Crippen LogP contribution is 2.15. The van der Waals surface area contributed by atoms with E-state index in [1.54, 1.807) is 11.4 Å². The van der Waals surface area contributed by atoms with Crippen molar-refractivity contribution >= 4 is 23.1 Å². The molecule has 2 aromatic heterocycles. The molecule has 0 radical (unpaired) electrons. The Morgan fingerprint density at radius 3 is 2.85 bits per heavy atom. The summed E-state index contributed by atoms with van der Waals surface area (Å²) in [6, 6.07) is 1.70. The minimum atomic E-state index is 0.426. The van der Waals surface area contributed by atoms with Gasteiger partial charge in [-0.2, -0.15) is 0 Å². The smallest absolute Gasteiger partial charge is 0.182 e. The minimum absolute atomic E-state index is 0.426. The fraction of sp³-hybridized carbons (Fsp3) is 0.143. The van der Waals surface area contributed by atoms with Crippen LogP contribution in [-0.4, -0.2) is 19.6 Å². The maximum absolute atomic E-state index is 5.77. The van der Waals surface area contributed by atoms with Crippen molar-refractivity contribution < 1.29 is 0 Å². The van der Waals surface area contributed by atoms with Gasteiger partial charge in [0.05, 0.1) is 0 Å². The summed E-state index contributed by atoms with van der Waals surface area (Å²) in [5.74, 6) is 0.527. The molecule has 0 unspecified atom stereocenters. The van der Waals surface area contributed by atoms with Gasteiger partial charge in [0.15, 0.2) is 5.82 Å². The third-order valence-electron chi connectivity index (χ3n) is 1.41. The fourth-order valence-corrected chi connectivity index (χ4v) is 1.58. The van der Waals surface area contributed by atoms with Crippen LogP contribution in [0.2, 0.25) is 5.15 Å². The van der Waals surface area contributed by atoms with Crippen LogP contribution in [-0.2, 0) is 0 Å². The molecular formula is C7H5ClN4S. The summed E-state index contributed by atoms with van der Waals surface area (Å²) in [4.78, 5) is 8.22. The molecule has 13 heavy (non-hydrogen) atoms. The van der Waals surface area contributed by atoms with Crippen LogP contribution < -0.4 is 0 Å². The maximum atomic E-state index is 5.77. The first-order valence-corrected chi connectivity index (χ1v) is 4.76. The van der Waals surface area contributed by atoms with Crippen LogP contribution in [0, 0.1) is 6.92 Å². The highest BCUT2D eigenvalue weighted by Gasteiger charge is 2.05. The largest absolute Gasteiger partial charge is 0.232 e. The molecule has 4 nitrogen and oxygen atoms in total. The number of nitrogens with zero attached hydrogens (tertiary/aromatic N) is 4. The summed E-state index contributed by atoms with van der Waals surface area (Å²) in [5.41, 5.74) is 1.48. The zero-order valence-electron chi connectivity index (χ0n) is 6.73. The molecule has 2 rings (SSSR count). The summed E-state index contributed by atoms with van der Waals surface area (Å²) >= 11 is 7.03. The average molecular weight is 213 g/mol. The molecule has 0 N–H and O–H groups in total. The van der Waals surface area contributed by atoms with Crippen molar-refractivity contribution in [3.63, 3.8) is 0 Å². The standard InChI is InChI=1S/C7H5ClN4S/c1-4-2-6(8)10-7(9-4)5-3-13-12-11-5/h2-3H,1H3. The van der Waals surface area contributed by atoms with Crippen LogP contribution in [0.3, 0.4) is 0 Å². The lowest BCUT2D eigenvalue weighted by molar-refractivity contribution is 1.07. The molecule has 0 atom stereocenters. The van der Waals surface area contributed by atoms with Gasteiger partial charge in [0.1, 0.15) is 10.8 Å². The monoisotopic (exact) mass is 212 g/mol. The third-order valence-corrected chi connectivity index (χ3v) is 2.11. The van der Waals surface area contributed by atoms with Crippen LogP contribution in [0.15, 0.2) is 11.4 Å². The normalized spacial score (nSPS) is 10.3. The molecule has 0 saturated heterocycles. The second-order valence-electron chi connectivity index (χ2n) is 2.45. The zero-order valence-corrected chi connectivity index (χ0v) is 8.30. The Balaban J connectivity index is 2.53. The Bertz CT molecular complexity index is 394. The van der Waals surface area contributed by atoms with Crippen LogP contribution in [0.4, 0.5) is 0 Å². The Morgan fingerprint density at radius 2 is 2.23 bits per heavy atom. The molecule has 0 aliphatic carbocycles. The van der Waals surface area contributed by atoms with Crippen molar-refractivity contribution in [2.45, 2.75) is 6.92 Å². The number of aryl methyl sites for hydroxylation is 1. The highest BCUT2D eigenvalue weighted by molar-refractivity contribution is 7.03. The Kier molecular flexibility index (Phi) is 2.20. The van der Waals surface area contributed by atoms with E-state index in [2.05, 4.69) is 19.6 Å². The molecular weight excluding hydrogens is 208 g/mol. The van der Waals surface area contributed by atoms with Gasteiger partial charge in [-0.3, -0.25) is 0 Å². The van der Waals surface area contributed by atoms with E-state index < -0.39 is 0 Å². The first-order valence-electron chi connectivity index (χ1n) is 3.54. The van der Waals surface area contributed by atoms with Gasteiger partial charge in [-0.15, -0.1) is 5.10 Å². The van der Waals surface area contributed by atoms with E-state index in [4.69, 9.17) is 11.6 Å². The van der Waals surface area contributed by atoms with Crippen molar-refractivity contribution in [3.05, 3.63) is 22.3 Å². The number of rotatable bonds is 1. The van der Waals surface area contributed by atoms with Crippen molar-refractivity contribution in [1.29, 1.82) is 0 Å². The summed E-state index contributed by atoms with van der Waals surface area (Å²) in [7, 11) is 0. The quantitative estimate of drug-likeness (QED) is 0.678. The number of hydrogen-bond acceptors (Lipinski definition) is 5.